The highest BCUT2D eigenvalue weighted by Crippen LogP contribution is 2.34. The normalized spacial score (nSPS) is 11.5. The Labute approximate surface area is 181 Å². The highest BCUT2D eigenvalue weighted by molar-refractivity contribution is 7.98. The summed E-state index contributed by atoms with van der Waals surface area (Å²) in [6, 6.07) is 9.49. The molecule has 7 heteroatoms. The van der Waals surface area contributed by atoms with Gasteiger partial charge >= 0.3 is 6.03 Å². The fourth-order valence-electron chi connectivity index (χ4n) is 3.02. The number of hydrogen-bond donors (Lipinski definition) is 3. The van der Waals surface area contributed by atoms with Crippen LogP contribution in [0.1, 0.15) is 75.6 Å². The molecule has 0 aromatic heterocycles. The first-order valence-electron chi connectivity index (χ1n) is 9.77. The zero-order valence-corrected chi connectivity index (χ0v) is 18.9. The van der Waals surface area contributed by atoms with Gasteiger partial charge in [0.1, 0.15) is 5.82 Å². The Balaban J connectivity index is 2.25. The Morgan fingerprint density at radius 1 is 1.10 bits per heavy atom. The first-order valence-corrected chi connectivity index (χ1v) is 10.6. The number of rotatable bonds is 6. The van der Waals surface area contributed by atoms with E-state index in [1.807, 2.05) is 27.7 Å². The number of hydrogen-bond acceptors (Lipinski definition) is 4. The summed E-state index contributed by atoms with van der Waals surface area (Å²) in [5, 5.41) is 22.3. The number of carbonyl (C=O) groups excluding carboxylic acids is 1. The van der Waals surface area contributed by atoms with Gasteiger partial charge in [0.25, 0.3) is 0 Å². The SMILES string of the molecule is CC(C)c1cc(F)cc(C(C)C)c1NC(=O)NSc1cc(C#N)cc(C(C)(C)O)c1. The number of aliphatic hydroxyl groups is 1. The summed E-state index contributed by atoms with van der Waals surface area (Å²) in [5.41, 5.74) is 1.93. The molecular formula is C23H28FN3O2S. The minimum atomic E-state index is -1.11. The predicted octanol–water partition coefficient (Wildman–Crippen LogP) is 6.00. The molecule has 3 N–H and O–H groups in total. The van der Waals surface area contributed by atoms with Gasteiger partial charge < -0.3 is 10.4 Å². The van der Waals surface area contributed by atoms with Crippen LogP contribution in [0.25, 0.3) is 0 Å². The van der Waals surface area contributed by atoms with E-state index in [1.165, 1.54) is 12.1 Å². The number of nitriles is 1. The maximum absolute atomic E-state index is 14.1. The Morgan fingerprint density at radius 3 is 2.13 bits per heavy atom. The second-order valence-corrected chi connectivity index (χ2v) is 9.22. The van der Waals surface area contributed by atoms with Crippen LogP contribution in [-0.2, 0) is 5.60 Å². The van der Waals surface area contributed by atoms with E-state index < -0.39 is 11.6 Å². The van der Waals surface area contributed by atoms with Crippen molar-refractivity contribution in [3.8, 4) is 6.07 Å². The van der Waals surface area contributed by atoms with Crippen LogP contribution in [0.3, 0.4) is 0 Å². The lowest BCUT2D eigenvalue weighted by Gasteiger charge is -2.21. The van der Waals surface area contributed by atoms with Gasteiger partial charge in [0, 0.05) is 10.6 Å². The van der Waals surface area contributed by atoms with Crippen LogP contribution < -0.4 is 10.0 Å². The minimum absolute atomic E-state index is 0.0304. The molecule has 0 atom stereocenters. The number of anilines is 1. The first kappa shape index (κ1) is 23.7. The van der Waals surface area contributed by atoms with Crippen LogP contribution in [0.4, 0.5) is 14.9 Å². The molecule has 2 rings (SSSR count). The van der Waals surface area contributed by atoms with E-state index in [-0.39, 0.29) is 17.7 Å². The maximum Gasteiger partial charge on any atom is 0.329 e. The zero-order chi connectivity index (χ0) is 22.6. The summed E-state index contributed by atoms with van der Waals surface area (Å²) in [6.45, 7) is 11.1. The smallest absolute Gasteiger partial charge is 0.329 e. The van der Waals surface area contributed by atoms with Gasteiger partial charge in [0.15, 0.2) is 0 Å². The van der Waals surface area contributed by atoms with Crippen molar-refractivity contribution in [2.45, 2.75) is 63.9 Å². The molecular weight excluding hydrogens is 401 g/mol. The summed E-state index contributed by atoms with van der Waals surface area (Å²) in [4.78, 5) is 13.2. The van der Waals surface area contributed by atoms with Gasteiger partial charge in [-0.15, -0.1) is 0 Å². The fraction of sp³-hybridized carbons (Fsp3) is 0.391. The standard InChI is InChI=1S/C23H28FN3O2S/c1-13(2)19-10-17(24)11-20(14(3)4)21(19)26-22(28)27-30-18-8-15(12-25)7-16(9-18)23(5,6)29/h7-11,13-14,29H,1-6H3,(H2,26,27,28). The second-order valence-electron chi connectivity index (χ2n) is 8.34. The fourth-order valence-corrected chi connectivity index (χ4v) is 3.66. The van der Waals surface area contributed by atoms with E-state index in [4.69, 9.17) is 0 Å². The quantitative estimate of drug-likeness (QED) is 0.492. The largest absolute Gasteiger partial charge is 0.386 e. The molecule has 5 nitrogen and oxygen atoms in total. The Morgan fingerprint density at radius 2 is 1.67 bits per heavy atom. The molecule has 0 saturated heterocycles. The molecule has 0 spiro atoms. The molecule has 0 radical (unpaired) electrons. The molecule has 0 bridgehead atoms. The van der Waals surface area contributed by atoms with Gasteiger partial charge in [-0.25, -0.2) is 9.18 Å². The van der Waals surface area contributed by atoms with E-state index in [1.54, 1.807) is 32.0 Å². The lowest BCUT2D eigenvalue weighted by Crippen LogP contribution is -2.25. The van der Waals surface area contributed by atoms with Gasteiger partial charge in [0.05, 0.1) is 17.2 Å². The number of nitrogens with one attached hydrogen (secondary N) is 2. The summed E-state index contributed by atoms with van der Waals surface area (Å²) in [6.07, 6.45) is 0. The molecule has 0 aliphatic heterocycles. The highest BCUT2D eigenvalue weighted by atomic mass is 32.2. The topological polar surface area (TPSA) is 85.2 Å². The number of urea groups is 1. The lowest BCUT2D eigenvalue weighted by molar-refractivity contribution is 0.0783. The van der Waals surface area contributed by atoms with Crippen LogP contribution in [0.15, 0.2) is 35.2 Å². The number of halogens is 1. The van der Waals surface area contributed by atoms with Crippen LogP contribution in [0, 0.1) is 17.1 Å². The van der Waals surface area contributed by atoms with E-state index >= 15 is 0 Å². The van der Waals surface area contributed by atoms with E-state index in [0.29, 0.717) is 21.7 Å². The second kappa shape index (κ2) is 9.50. The molecule has 30 heavy (non-hydrogen) atoms. The molecule has 2 amide bonds. The third-order valence-electron chi connectivity index (χ3n) is 4.65. The molecule has 2 aromatic carbocycles. The van der Waals surface area contributed by atoms with Gasteiger partial charge in [-0.05, 0) is 84.7 Å². The van der Waals surface area contributed by atoms with Crippen LogP contribution in [-0.4, -0.2) is 11.1 Å². The van der Waals surface area contributed by atoms with Gasteiger partial charge in [-0.3, -0.25) is 4.72 Å². The zero-order valence-electron chi connectivity index (χ0n) is 18.1. The van der Waals surface area contributed by atoms with Crippen molar-refractivity contribution in [3.05, 3.63) is 58.4 Å². The molecule has 0 unspecified atom stereocenters. The average molecular weight is 430 g/mol. The van der Waals surface area contributed by atoms with Gasteiger partial charge in [-0.2, -0.15) is 5.26 Å². The molecule has 0 saturated carbocycles. The summed E-state index contributed by atoms with van der Waals surface area (Å²) >= 11 is 1.04. The summed E-state index contributed by atoms with van der Waals surface area (Å²) in [7, 11) is 0. The van der Waals surface area contributed by atoms with Crippen molar-refractivity contribution in [2.24, 2.45) is 0 Å². The van der Waals surface area contributed by atoms with Crippen LogP contribution >= 0.6 is 11.9 Å². The number of benzene rings is 2. The maximum atomic E-state index is 14.1. The van der Waals surface area contributed by atoms with Crippen molar-refractivity contribution < 1.29 is 14.3 Å². The lowest BCUT2D eigenvalue weighted by atomic mass is 9.92. The molecule has 0 fully saturated rings. The van der Waals surface area contributed by atoms with Gasteiger partial charge in [-0.1, -0.05) is 27.7 Å². The predicted molar refractivity (Wildman–Crippen MR) is 119 cm³/mol. The van der Waals surface area contributed by atoms with Gasteiger partial charge in [0.2, 0.25) is 0 Å². The van der Waals surface area contributed by atoms with Crippen molar-refractivity contribution in [2.75, 3.05) is 5.32 Å². The molecule has 0 heterocycles. The number of carbonyl (C=O) groups is 1. The van der Waals surface area contributed by atoms with E-state index in [9.17, 15) is 19.6 Å². The molecule has 160 valence electrons. The minimum Gasteiger partial charge on any atom is -0.386 e. The van der Waals surface area contributed by atoms with E-state index in [0.717, 1.165) is 23.1 Å². The van der Waals surface area contributed by atoms with Crippen molar-refractivity contribution in [1.82, 2.24) is 4.72 Å². The van der Waals surface area contributed by atoms with Crippen molar-refractivity contribution >= 4 is 23.7 Å². The van der Waals surface area contributed by atoms with Crippen LogP contribution in [0.2, 0.25) is 0 Å². The molecule has 0 aliphatic rings. The number of nitrogens with zero attached hydrogens (tertiary/aromatic N) is 1. The summed E-state index contributed by atoms with van der Waals surface area (Å²) < 4.78 is 16.8. The van der Waals surface area contributed by atoms with Crippen molar-refractivity contribution in [1.29, 1.82) is 5.26 Å². The van der Waals surface area contributed by atoms with Crippen molar-refractivity contribution in [3.63, 3.8) is 0 Å². The molecule has 2 aromatic rings. The Hall–Kier alpha value is -2.56. The average Bonchev–Trinajstić information content (AvgIpc) is 2.66. The summed E-state index contributed by atoms with van der Waals surface area (Å²) in [5.74, 6) is -0.263. The van der Waals surface area contributed by atoms with Crippen LogP contribution in [0.5, 0.6) is 0 Å². The Kier molecular flexibility index (Phi) is 7.51. The highest BCUT2D eigenvalue weighted by Gasteiger charge is 2.20. The third-order valence-corrected chi connectivity index (χ3v) is 5.41. The molecule has 0 aliphatic carbocycles. The van der Waals surface area contributed by atoms with E-state index in [2.05, 4.69) is 16.1 Å². The first-order chi connectivity index (χ1) is 13.9. The Bertz CT molecular complexity index is 946. The third kappa shape index (κ3) is 5.97. The monoisotopic (exact) mass is 429 g/mol. The number of amides is 2.